The first-order chi connectivity index (χ1) is 8.70. The summed E-state index contributed by atoms with van der Waals surface area (Å²) in [7, 11) is 6.54. The lowest BCUT2D eigenvalue weighted by atomic mass is 9.84. The zero-order chi connectivity index (χ0) is 13.0. The Balaban J connectivity index is 1.78. The van der Waals surface area contributed by atoms with E-state index in [9.17, 15) is 0 Å². The third-order valence-corrected chi connectivity index (χ3v) is 4.99. The summed E-state index contributed by atoms with van der Waals surface area (Å²) in [4.78, 5) is 5.18. The molecule has 0 bridgehead atoms. The normalized spacial score (nSPS) is 32.0. The molecule has 0 aromatic heterocycles. The highest BCUT2D eigenvalue weighted by atomic mass is 15.2. The van der Waals surface area contributed by atoms with Crippen LogP contribution < -0.4 is 5.32 Å². The maximum atomic E-state index is 3.36. The van der Waals surface area contributed by atoms with Gasteiger partial charge in [-0.05, 0) is 78.8 Å². The highest BCUT2D eigenvalue weighted by Gasteiger charge is 2.29. The van der Waals surface area contributed by atoms with Crippen molar-refractivity contribution in [3.8, 4) is 0 Å². The lowest BCUT2D eigenvalue weighted by molar-refractivity contribution is 0.0765. The number of hydrogen-bond acceptors (Lipinski definition) is 3. The van der Waals surface area contributed by atoms with Gasteiger partial charge in [0.25, 0.3) is 0 Å². The van der Waals surface area contributed by atoms with Gasteiger partial charge in [0.15, 0.2) is 0 Å². The quantitative estimate of drug-likeness (QED) is 0.824. The van der Waals surface area contributed by atoms with Gasteiger partial charge in [0.1, 0.15) is 0 Å². The van der Waals surface area contributed by atoms with Crippen LogP contribution in [0.4, 0.5) is 0 Å². The minimum absolute atomic E-state index is 0.818. The molecule has 1 saturated carbocycles. The molecule has 3 heteroatoms. The van der Waals surface area contributed by atoms with E-state index in [1.54, 1.807) is 0 Å². The van der Waals surface area contributed by atoms with Crippen molar-refractivity contribution in [2.45, 2.75) is 50.6 Å². The highest BCUT2D eigenvalue weighted by Crippen LogP contribution is 2.29. The number of nitrogens with zero attached hydrogens (tertiary/aromatic N) is 2. The summed E-state index contributed by atoms with van der Waals surface area (Å²) in [5.74, 6) is 0.917. The molecule has 106 valence electrons. The van der Waals surface area contributed by atoms with E-state index in [2.05, 4.69) is 36.3 Å². The molecule has 0 amide bonds. The molecule has 2 aliphatic rings. The van der Waals surface area contributed by atoms with E-state index in [1.165, 1.54) is 58.2 Å². The van der Waals surface area contributed by atoms with E-state index in [0.717, 1.165) is 18.0 Å². The zero-order valence-corrected chi connectivity index (χ0v) is 12.5. The molecule has 1 unspecified atom stereocenters. The second-order valence-electron chi connectivity index (χ2n) is 6.47. The second kappa shape index (κ2) is 6.88. The zero-order valence-electron chi connectivity index (χ0n) is 12.5. The Kier molecular flexibility index (Phi) is 5.46. The summed E-state index contributed by atoms with van der Waals surface area (Å²) in [6.07, 6.45) is 8.46. The molecule has 0 spiro atoms. The van der Waals surface area contributed by atoms with Gasteiger partial charge in [-0.1, -0.05) is 6.42 Å². The third kappa shape index (κ3) is 3.69. The molecule has 2 fully saturated rings. The van der Waals surface area contributed by atoms with Crippen LogP contribution in [0.1, 0.15) is 38.5 Å². The minimum Gasteiger partial charge on any atom is -0.319 e. The van der Waals surface area contributed by atoms with Crippen LogP contribution in [0, 0.1) is 5.92 Å². The van der Waals surface area contributed by atoms with Crippen molar-refractivity contribution < 1.29 is 0 Å². The van der Waals surface area contributed by atoms with E-state index in [1.807, 2.05) is 0 Å². The molecule has 0 radical (unpaired) electrons. The van der Waals surface area contributed by atoms with Crippen molar-refractivity contribution in [3.05, 3.63) is 0 Å². The van der Waals surface area contributed by atoms with Crippen molar-refractivity contribution in [1.29, 1.82) is 0 Å². The average Bonchev–Trinajstić information content (AvgIpc) is 2.39. The fourth-order valence-corrected chi connectivity index (χ4v) is 3.84. The lowest BCUT2D eigenvalue weighted by Gasteiger charge is -2.42. The Hall–Kier alpha value is -0.120. The molecule has 18 heavy (non-hydrogen) atoms. The summed E-state index contributed by atoms with van der Waals surface area (Å²) in [6.45, 7) is 3.85. The fraction of sp³-hybridized carbons (Fsp3) is 1.00. The summed E-state index contributed by atoms with van der Waals surface area (Å²) < 4.78 is 0. The van der Waals surface area contributed by atoms with Gasteiger partial charge < -0.3 is 15.1 Å². The predicted molar refractivity (Wildman–Crippen MR) is 78.0 cm³/mol. The topological polar surface area (TPSA) is 18.5 Å². The van der Waals surface area contributed by atoms with Crippen LogP contribution in [0.3, 0.4) is 0 Å². The van der Waals surface area contributed by atoms with E-state index in [4.69, 9.17) is 0 Å². The fourth-order valence-electron chi connectivity index (χ4n) is 3.84. The first-order valence-corrected chi connectivity index (χ1v) is 7.75. The van der Waals surface area contributed by atoms with Gasteiger partial charge in [-0.3, -0.25) is 0 Å². The number of hydrogen-bond donors (Lipinski definition) is 1. The molecule has 1 saturated heterocycles. The van der Waals surface area contributed by atoms with Crippen molar-refractivity contribution in [2.24, 2.45) is 5.92 Å². The molecule has 3 nitrogen and oxygen atoms in total. The molecule has 1 aliphatic carbocycles. The smallest absolute Gasteiger partial charge is 0.0113 e. The first-order valence-electron chi connectivity index (χ1n) is 7.75. The Morgan fingerprint density at radius 3 is 2.44 bits per heavy atom. The summed E-state index contributed by atoms with van der Waals surface area (Å²) in [5.41, 5.74) is 0. The van der Waals surface area contributed by atoms with E-state index < -0.39 is 0 Å². The molecule has 0 aromatic rings. The Morgan fingerprint density at radius 2 is 1.83 bits per heavy atom. The van der Waals surface area contributed by atoms with Gasteiger partial charge >= 0.3 is 0 Å². The van der Waals surface area contributed by atoms with Crippen LogP contribution >= 0.6 is 0 Å². The Bertz CT molecular complexity index is 232. The van der Waals surface area contributed by atoms with Gasteiger partial charge in [0, 0.05) is 12.1 Å². The number of nitrogens with one attached hydrogen (secondary N) is 1. The SMILES string of the molecule is CNCC1CCC[C@H](N2CCC(N(C)C)CC2)C1. The Labute approximate surface area is 113 Å². The molecule has 1 N–H and O–H groups in total. The molecule has 1 aliphatic heterocycles. The van der Waals surface area contributed by atoms with Crippen LogP contribution in [0.5, 0.6) is 0 Å². The summed E-state index contributed by atoms with van der Waals surface area (Å²) in [6, 6.07) is 1.69. The van der Waals surface area contributed by atoms with Crippen LogP contribution in [-0.4, -0.2) is 62.7 Å². The van der Waals surface area contributed by atoms with Gasteiger partial charge in [-0.2, -0.15) is 0 Å². The van der Waals surface area contributed by atoms with Gasteiger partial charge in [0.2, 0.25) is 0 Å². The molecular formula is C15H31N3. The number of rotatable bonds is 4. The van der Waals surface area contributed by atoms with Crippen molar-refractivity contribution in [2.75, 3.05) is 40.8 Å². The maximum absolute atomic E-state index is 3.36. The van der Waals surface area contributed by atoms with Crippen LogP contribution in [0.25, 0.3) is 0 Å². The molecule has 1 heterocycles. The second-order valence-corrected chi connectivity index (χ2v) is 6.47. The van der Waals surface area contributed by atoms with Crippen molar-refractivity contribution in [1.82, 2.24) is 15.1 Å². The summed E-state index contributed by atoms with van der Waals surface area (Å²) >= 11 is 0. The highest BCUT2D eigenvalue weighted by molar-refractivity contribution is 4.85. The molecular weight excluding hydrogens is 222 g/mol. The van der Waals surface area contributed by atoms with Crippen molar-refractivity contribution >= 4 is 0 Å². The van der Waals surface area contributed by atoms with Crippen LogP contribution in [0.2, 0.25) is 0 Å². The number of likely N-dealkylation sites (tertiary alicyclic amines) is 1. The lowest BCUT2D eigenvalue weighted by Crippen LogP contribution is -2.48. The standard InChI is InChI=1S/C15H31N3/c1-16-12-13-5-4-6-15(11-13)18-9-7-14(8-10-18)17(2)3/h13-16H,4-12H2,1-3H3/t13?,15-/m0/s1. The first kappa shape index (κ1) is 14.3. The minimum atomic E-state index is 0.818. The van der Waals surface area contributed by atoms with E-state index >= 15 is 0 Å². The maximum Gasteiger partial charge on any atom is 0.0113 e. The largest absolute Gasteiger partial charge is 0.319 e. The molecule has 2 rings (SSSR count). The van der Waals surface area contributed by atoms with E-state index in [0.29, 0.717) is 0 Å². The monoisotopic (exact) mass is 253 g/mol. The van der Waals surface area contributed by atoms with Crippen LogP contribution in [-0.2, 0) is 0 Å². The Morgan fingerprint density at radius 1 is 1.11 bits per heavy atom. The molecule has 2 atom stereocenters. The van der Waals surface area contributed by atoms with Crippen LogP contribution in [0.15, 0.2) is 0 Å². The van der Waals surface area contributed by atoms with E-state index in [-0.39, 0.29) is 0 Å². The van der Waals surface area contributed by atoms with Gasteiger partial charge in [0.05, 0.1) is 0 Å². The summed E-state index contributed by atoms with van der Waals surface area (Å²) in [5, 5.41) is 3.36. The average molecular weight is 253 g/mol. The number of piperidine rings is 1. The predicted octanol–water partition coefficient (Wildman–Crippen LogP) is 1.79. The van der Waals surface area contributed by atoms with Gasteiger partial charge in [-0.25, -0.2) is 0 Å². The van der Waals surface area contributed by atoms with Gasteiger partial charge in [-0.15, -0.1) is 0 Å². The van der Waals surface area contributed by atoms with Crippen molar-refractivity contribution in [3.63, 3.8) is 0 Å². The third-order valence-electron chi connectivity index (χ3n) is 4.99. The molecule has 0 aromatic carbocycles.